The van der Waals surface area contributed by atoms with Crippen LogP contribution in [0.15, 0.2) is 22.7 Å². The summed E-state index contributed by atoms with van der Waals surface area (Å²) in [7, 11) is 0. The van der Waals surface area contributed by atoms with E-state index in [0.29, 0.717) is 6.54 Å². The SMILES string of the molecule is CCn1nc(C)c(Br)c1CC(O)c1cccc(F)c1F. The summed E-state index contributed by atoms with van der Waals surface area (Å²) in [4.78, 5) is 0. The first kappa shape index (κ1) is 15.1. The molecule has 0 bridgehead atoms. The third-order valence-corrected chi connectivity index (χ3v) is 4.21. The van der Waals surface area contributed by atoms with Gasteiger partial charge >= 0.3 is 0 Å². The molecule has 0 saturated carbocycles. The molecule has 0 aliphatic heterocycles. The lowest BCUT2D eigenvalue weighted by Crippen LogP contribution is -2.10. The number of aliphatic hydroxyl groups excluding tert-OH is 1. The van der Waals surface area contributed by atoms with Gasteiger partial charge in [0.2, 0.25) is 0 Å². The highest BCUT2D eigenvalue weighted by Crippen LogP contribution is 2.28. The van der Waals surface area contributed by atoms with Crippen molar-refractivity contribution in [3.8, 4) is 0 Å². The van der Waals surface area contributed by atoms with Gasteiger partial charge in [0, 0.05) is 18.5 Å². The molecule has 2 aromatic rings. The smallest absolute Gasteiger partial charge is 0.164 e. The fourth-order valence-corrected chi connectivity index (χ4v) is 2.58. The number of aliphatic hydroxyl groups is 1. The zero-order valence-corrected chi connectivity index (χ0v) is 12.8. The Kier molecular flexibility index (Phi) is 4.55. The van der Waals surface area contributed by atoms with Gasteiger partial charge in [-0.2, -0.15) is 5.10 Å². The maximum absolute atomic E-state index is 13.7. The number of hydrogen-bond donors (Lipinski definition) is 1. The summed E-state index contributed by atoms with van der Waals surface area (Å²) >= 11 is 3.41. The third kappa shape index (κ3) is 2.76. The summed E-state index contributed by atoms with van der Waals surface area (Å²) in [6.07, 6.45) is -0.960. The Morgan fingerprint density at radius 3 is 2.75 bits per heavy atom. The molecule has 1 heterocycles. The Hall–Kier alpha value is -1.27. The van der Waals surface area contributed by atoms with Gasteiger partial charge in [0.05, 0.1) is 22.0 Å². The summed E-state index contributed by atoms with van der Waals surface area (Å²) in [6.45, 7) is 4.41. The number of benzene rings is 1. The van der Waals surface area contributed by atoms with Crippen LogP contribution in [-0.4, -0.2) is 14.9 Å². The van der Waals surface area contributed by atoms with Crippen molar-refractivity contribution in [2.24, 2.45) is 0 Å². The number of halogens is 3. The normalized spacial score (nSPS) is 12.7. The Balaban J connectivity index is 2.32. The topological polar surface area (TPSA) is 38.0 Å². The third-order valence-electron chi connectivity index (χ3n) is 3.18. The van der Waals surface area contributed by atoms with Gasteiger partial charge in [-0.05, 0) is 35.8 Å². The van der Waals surface area contributed by atoms with E-state index in [9.17, 15) is 13.9 Å². The molecular weight excluding hydrogens is 330 g/mol. The summed E-state index contributed by atoms with van der Waals surface area (Å²) in [5.74, 6) is -1.96. The van der Waals surface area contributed by atoms with E-state index < -0.39 is 17.7 Å². The largest absolute Gasteiger partial charge is 0.388 e. The highest BCUT2D eigenvalue weighted by molar-refractivity contribution is 9.10. The van der Waals surface area contributed by atoms with E-state index >= 15 is 0 Å². The van der Waals surface area contributed by atoms with Crippen LogP contribution in [0.1, 0.15) is 30.0 Å². The van der Waals surface area contributed by atoms with E-state index in [0.717, 1.165) is 21.9 Å². The second kappa shape index (κ2) is 6.01. The van der Waals surface area contributed by atoms with E-state index in [-0.39, 0.29) is 12.0 Å². The van der Waals surface area contributed by atoms with E-state index in [2.05, 4.69) is 21.0 Å². The Morgan fingerprint density at radius 1 is 1.40 bits per heavy atom. The van der Waals surface area contributed by atoms with Crippen molar-refractivity contribution in [1.82, 2.24) is 9.78 Å². The van der Waals surface area contributed by atoms with Gasteiger partial charge in [-0.25, -0.2) is 8.78 Å². The molecule has 1 aromatic carbocycles. The van der Waals surface area contributed by atoms with Crippen LogP contribution in [0.5, 0.6) is 0 Å². The van der Waals surface area contributed by atoms with Crippen molar-refractivity contribution in [3.05, 3.63) is 51.3 Å². The number of aromatic nitrogens is 2. The lowest BCUT2D eigenvalue weighted by atomic mass is 10.0. The molecule has 0 saturated heterocycles. The second-order valence-electron chi connectivity index (χ2n) is 4.52. The van der Waals surface area contributed by atoms with Crippen molar-refractivity contribution in [2.75, 3.05) is 0 Å². The predicted octanol–water partition coefficient (Wildman–Crippen LogP) is 3.53. The van der Waals surface area contributed by atoms with Crippen LogP contribution in [0.2, 0.25) is 0 Å². The molecule has 0 spiro atoms. The van der Waals surface area contributed by atoms with Crippen LogP contribution < -0.4 is 0 Å². The maximum atomic E-state index is 13.7. The number of aryl methyl sites for hydroxylation is 2. The Morgan fingerprint density at radius 2 is 2.10 bits per heavy atom. The lowest BCUT2D eigenvalue weighted by molar-refractivity contribution is 0.169. The fourth-order valence-electron chi connectivity index (χ4n) is 2.13. The van der Waals surface area contributed by atoms with Crippen LogP contribution >= 0.6 is 15.9 Å². The monoisotopic (exact) mass is 344 g/mol. The van der Waals surface area contributed by atoms with E-state index in [1.165, 1.54) is 12.1 Å². The molecule has 3 nitrogen and oxygen atoms in total. The first-order chi connectivity index (χ1) is 9.45. The minimum absolute atomic E-state index is 0.0431. The van der Waals surface area contributed by atoms with Gasteiger partial charge < -0.3 is 5.11 Å². The highest BCUT2D eigenvalue weighted by Gasteiger charge is 2.20. The van der Waals surface area contributed by atoms with Gasteiger partial charge in [0.1, 0.15) is 0 Å². The summed E-state index contributed by atoms with van der Waals surface area (Å²) in [5.41, 5.74) is 1.52. The van der Waals surface area contributed by atoms with Gasteiger partial charge in [-0.3, -0.25) is 4.68 Å². The second-order valence-corrected chi connectivity index (χ2v) is 5.32. The van der Waals surface area contributed by atoms with Gasteiger partial charge in [-0.15, -0.1) is 0 Å². The Labute approximate surface area is 124 Å². The zero-order chi connectivity index (χ0) is 14.9. The minimum Gasteiger partial charge on any atom is -0.388 e. The van der Waals surface area contributed by atoms with E-state index in [4.69, 9.17) is 0 Å². The maximum Gasteiger partial charge on any atom is 0.164 e. The van der Waals surface area contributed by atoms with E-state index in [1.54, 1.807) is 4.68 Å². The molecule has 1 unspecified atom stereocenters. The van der Waals surface area contributed by atoms with Crippen LogP contribution in [0.3, 0.4) is 0 Å². The molecule has 108 valence electrons. The summed E-state index contributed by atoms with van der Waals surface area (Å²) in [6, 6.07) is 3.80. The molecule has 1 atom stereocenters. The molecule has 0 aliphatic rings. The highest BCUT2D eigenvalue weighted by atomic mass is 79.9. The lowest BCUT2D eigenvalue weighted by Gasteiger charge is -2.13. The minimum atomic E-state index is -1.12. The van der Waals surface area contributed by atoms with Gasteiger partial charge in [-0.1, -0.05) is 12.1 Å². The molecule has 0 fully saturated rings. The van der Waals surface area contributed by atoms with Crippen LogP contribution in [0, 0.1) is 18.6 Å². The van der Waals surface area contributed by atoms with Crippen LogP contribution in [0.4, 0.5) is 8.78 Å². The summed E-state index contributed by atoms with van der Waals surface area (Å²) < 4.78 is 29.4. The number of hydrogen-bond acceptors (Lipinski definition) is 2. The number of rotatable bonds is 4. The van der Waals surface area contributed by atoms with Crippen molar-refractivity contribution in [3.63, 3.8) is 0 Å². The van der Waals surface area contributed by atoms with Crippen molar-refractivity contribution in [1.29, 1.82) is 0 Å². The molecule has 2 rings (SSSR count). The molecule has 0 amide bonds. The van der Waals surface area contributed by atoms with E-state index in [1.807, 2.05) is 13.8 Å². The first-order valence-electron chi connectivity index (χ1n) is 6.29. The molecule has 1 aromatic heterocycles. The molecule has 0 aliphatic carbocycles. The van der Waals surface area contributed by atoms with Crippen molar-refractivity contribution < 1.29 is 13.9 Å². The average molecular weight is 345 g/mol. The predicted molar refractivity (Wildman–Crippen MR) is 75.4 cm³/mol. The zero-order valence-electron chi connectivity index (χ0n) is 11.2. The molecule has 6 heteroatoms. The first-order valence-corrected chi connectivity index (χ1v) is 7.08. The molecular formula is C14H15BrF2N2O. The van der Waals surface area contributed by atoms with Crippen LogP contribution in [-0.2, 0) is 13.0 Å². The van der Waals surface area contributed by atoms with Crippen molar-refractivity contribution >= 4 is 15.9 Å². The quantitative estimate of drug-likeness (QED) is 0.921. The fraction of sp³-hybridized carbons (Fsp3) is 0.357. The number of nitrogens with zero attached hydrogens (tertiary/aromatic N) is 2. The molecule has 1 N–H and O–H groups in total. The van der Waals surface area contributed by atoms with Crippen LogP contribution in [0.25, 0.3) is 0 Å². The van der Waals surface area contributed by atoms with Gasteiger partial charge in [0.15, 0.2) is 11.6 Å². The standard InChI is InChI=1S/C14H15BrF2N2O/c1-3-19-11(13(15)8(2)18-19)7-12(20)9-5-4-6-10(16)14(9)17/h4-6,12,20H,3,7H2,1-2H3. The average Bonchev–Trinajstić information content (AvgIpc) is 2.69. The van der Waals surface area contributed by atoms with Gasteiger partial charge in [0.25, 0.3) is 0 Å². The molecule has 20 heavy (non-hydrogen) atoms. The Bertz CT molecular complexity index is 628. The molecule has 0 radical (unpaired) electrons. The van der Waals surface area contributed by atoms with Crippen molar-refractivity contribution in [2.45, 2.75) is 32.9 Å². The summed E-state index contributed by atoms with van der Waals surface area (Å²) in [5, 5.41) is 14.5.